The molecule has 1 amide bonds. The summed E-state index contributed by atoms with van der Waals surface area (Å²) in [4.78, 5) is 27.0. The lowest BCUT2D eigenvalue weighted by Gasteiger charge is -2.25. The normalized spacial score (nSPS) is 18.2. The van der Waals surface area contributed by atoms with Crippen molar-refractivity contribution in [3.8, 4) is 11.5 Å². The highest BCUT2D eigenvalue weighted by Gasteiger charge is 2.45. The summed E-state index contributed by atoms with van der Waals surface area (Å²) in [5.74, 6) is -0.591. The zero-order valence-corrected chi connectivity index (χ0v) is 17.2. The van der Waals surface area contributed by atoms with Gasteiger partial charge in [-0.15, -0.1) is 0 Å². The molecule has 0 aliphatic carbocycles. The van der Waals surface area contributed by atoms with Crippen molar-refractivity contribution < 1.29 is 24.2 Å². The Morgan fingerprint density at radius 3 is 2.31 bits per heavy atom. The van der Waals surface area contributed by atoms with Gasteiger partial charge in [-0.2, -0.15) is 0 Å². The summed E-state index contributed by atoms with van der Waals surface area (Å²) in [6.07, 6.45) is 0.664. The Balaban J connectivity index is 2.20. The van der Waals surface area contributed by atoms with Gasteiger partial charge in [0.1, 0.15) is 5.76 Å². The molecule has 0 saturated carbocycles. The predicted molar refractivity (Wildman–Crippen MR) is 110 cm³/mol. The maximum absolute atomic E-state index is 12.8. The molecule has 0 aromatic heterocycles. The van der Waals surface area contributed by atoms with Crippen molar-refractivity contribution in [3.05, 3.63) is 64.2 Å². The summed E-state index contributed by atoms with van der Waals surface area (Å²) in [7, 11) is 3.04. The van der Waals surface area contributed by atoms with E-state index in [2.05, 4.69) is 0 Å². The molecular weight excluding hydrogens is 394 g/mol. The second-order valence-corrected chi connectivity index (χ2v) is 7.05. The highest BCUT2D eigenvalue weighted by atomic mass is 35.5. The van der Waals surface area contributed by atoms with Gasteiger partial charge in [-0.3, -0.25) is 9.59 Å². The van der Waals surface area contributed by atoms with Crippen molar-refractivity contribution >= 4 is 29.1 Å². The van der Waals surface area contributed by atoms with Crippen molar-refractivity contribution in [1.82, 2.24) is 4.90 Å². The number of amides is 1. The first-order valence-electron chi connectivity index (χ1n) is 9.19. The number of likely N-dealkylation sites (tertiary alicyclic amines) is 1. The fourth-order valence-corrected chi connectivity index (χ4v) is 3.61. The molecule has 0 spiro atoms. The maximum Gasteiger partial charge on any atom is 0.295 e. The van der Waals surface area contributed by atoms with E-state index in [0.29, 0.717) is 40.6 Å². The number of aliphatic hydroxyl groups excluding tert-OH is 1. The molecule has 1 N–H and O–H groups in total. The van der Waals surface area contributed by atoms with E-state index in [1.54, 1.807) is 42.5 Å². The van der Waals surface area contributed by atoms with Crippen molar-refractivity contribution in [2.45, 2.75) is 19.4 Å². The third-order valence-corrected chi connectivity index (χ3v) is 5.10. The molecule has 0 bridgehead atoms. The Hall–Kier alpha value is -2.99. The number of nitrogens with zero attached hydrogens (tertiary/aromatic N) is 1. The summed E-state index contributed by atoms with van der Waals surface area (Å²) in [6.45, 7) is 2.30. The fourth-order valence-electron chi connectivity index (χ4n) is 3.48. The topological polar surface area (TPSA) is 76.1 Å². The SMILES string of the molecule is CCCN1C(=O)C(=O)/C(=C(\O)c2ccc(Cl)cc2)C1c1ccc(OC)c(OC)c1. The van der Waals surface area contributed by atoms with E-state index in [1.807, 2.05) is 6.92 Å². The Morgan fingerprint density at radius 1 is 1.07 bits per heavy atom. The number of carbonyl (C=O) groups excluding carboxylic acids is 2. The number of Topliss-reactive ketones (excluding diaryl/α,β-unsaturated/α-hetero) is 1. The van der Waals surface area contributed by atoms with Crippen LogP contribution in [0.15, 0.2) is 48.0 Å². The average molecular weight is 416 g/mol. The van der Waals surface area contributed by atoms with Gasteiger partial charge in [0, 0.05) is 17.1 Å². The van der Waals surface area contributed by atoms with Gasteiger partial charge >= 0.3 is 0 Å². The molecule has 1 fully saturated rings. The van der Waals surface area contributed by atoms with Crippen LogP contribution in [0.2, 0.25) is 5.02 Å². The molecule has 6 nitrogen and oxygen atoms in total. The van der Waals surface area contributed by atoms with E-state index < -0.39 is 17.7 Å². The average Bonchev–Trinajstić information content (AvgIpc) is 2.98. The van der Waals surface area contributed by atoms with Gasteiger partial charge in [0.25, 0.3) is 11.7 Å². The summed E-state index contributed by atoms with van der Waals surface area (Å²) in [5, 5.41) is 11.4. The molecule has 2 aromatic carbocycles. The Labute approximate surface area is 174 Å². The molecule has 152 valence electrons. The minimum Gasteiger partial charge on any atom is -0.507 e. The Kier molecular flexibility index (Phi) is 6.13. The molecular formula is C22H22ClNO5. The number of rotatable bonds is 6. The number of carbonyl (C=O) groups is 2. The molecule has 2 aromatic rings. The van der Waals surface area contributed by atoms with Crippen molar-refractivity contribution in [2.24, 2.45) is 0 Å². The minimum absolute atomic E-state index is 0.0398. The second-order valence-electron chi connectivity index (χ2n) is 6.61. The minimum atomic E-state index is -0.731. The Bertz CT molecular complexity index is 968. The molecule has 29 heavy (non-hydrogen) atoms. The van der Waals surface area contributed by atoms with Crippen LogP contribution >= 0.6 is 11.6 Å². The zero-order valence-electron chi connectivity index (χ0n) is 16.4. The van der Waals surface area contributed by atoms with Crippen molar-refractivity contribution in [3.63, 3.8) is 0 Å². The first-order chi connectivity index (χ1) is 13.9. The molecule has 1 aliphatic heterocycles. The van der Waals surface area contributed by atoms with Gasteiger partial charge in [0.15, 0.2) is 11.5 Å². The first kappa shape index (κ1) is 20.7. The van der Waals surface area contributed by atoms with Gasteiger partial charge in [-0.25, -0.2) is 0 Å². The summed E-state index contributed by atoms with van der Waals surface area (Å²) in [6, 6.07) is 10.9. The predicted octanol–water partition coefficient (Wildman–Crippen LogP) is 4.19. The van der Waals surface area contributed by atoms with Crippen LogP contribution in [0, 0.1) is 0 Å². The van der Waals surface area contributed by atoms with E-state index in [4.69, 9.17) is 21.1 Å². The van der Waals surface area contributed by atoms with Crippen LogP contribution in [0.25, 0.3) is 5.76 Å². The van der Waals surface area contributed by atoms with E-state index >= 15 is 0 Å². The van der Waals surface area contributed by atoms with Gasteiger partial charge in [-0.1, -0.05) is 24.6 Å². The van der Waals surface area contributed by atoms with Crippen LogP contribution in [0.4, 0.5) is 0 Å². The van der Waals surface area contributed by atoms with Gasteiger partial charge < -0.3 is 19.5 Å². The van der Waals surface area contributed by atoms with Crippen molar-refractivity contribution in [2.75, 3.05) is 20.8 Å². The fraction of sp³-hybridized carbons (Fsp3) is 0.273. The number of benzene rings is 2. The zero-order chi connectivity index (χ0) is 21.1. The van der Waals surface area contributed by atoms with Gasteiger partial charge in [-0.05, 0) is 48.4 Å². The second kappa shape index (κ2) is 8.57. The monoisotopic (exact) mass is 415 g/mol. The molecule has 1 aliphatic rings. The number of methoxy groups -OCH3 is 2. The van der Waals surface area contributed by atoms with E-state index in [9.17, 15) is 14.7 Å². The molecule has 1 atom stereocenters. The molecule has 0 radical (unpaired) electrons. The number of halogens is 1. The molecule has 3 rings (SSSR count). The maximum atomic E-state index is 12.8. The van der Waals surface area contributed by atoms with Crippen LogP contribution in [0.5, 0.6) is 11.5 Å². The first-order valence-corrected chi connectivity index (χ1v) is 9.57. The van der Waals surface area contributed by atoms with Crippen LogP contribution in [0.1, 0.15) is 30.5 Å². The van der Waals surface area contributed by atoms with Gasteiger partial charge in [0.05, 0.1) is 25.8 Å². The van der Waals surface area contributed by atoms with E-state index in [0.717, 1.165) is 0 Å². The van der Waals surface area contributed by atoms with E-state index in [-0.39, 0.29) is 11.3 Å². The highest BCUT2D eigenvalue weighted by Crippen LogP contribution is 2.42. The molecule has 1 saturated heterocycles. The quantitative estimate of drug-likeness (QED) is 0.435. The van der Waals surface area contributed by atoms with Crippen molar-refractivity contribution in [1.29, 1.82) is 0 Å². The number of ketones is 1. The summed E-state index contributed by atoms with van der Waals surface area (Å²) >= 11 is 5.93. The van der Waals surface area contributed by atoms with Crippen LogP contribution in [0.3, 0.4) is 0 Å². The lowest BCUT2D eigenvalue weighted by molar-refractivity contribution is -0.139. The molecule has 1 unspecified atom stereocenters. The van der Waals surface area contributed by atoms with Crippen LogP contribution < -0.4 is 9.47 Å². The lowest BCUT2D eigenvalue weighted by atomic mass is 9.95. The summed E-state index contributed by atoms with van der Waals surface area (Å²) < 4.78 is 10.7. The largest absolute Gasteiger partial charge is 0.507 e. The Morgan fingerprint density at radius 2 is 1.72 bits per heavy atom. The number of hydrogen-bond acceptors (Lipinski definition) is 5. The number of hydrogen-bond donors (Lipinski definition) is 1. The lowest BCUT2D eigenvalue weighted by Crippen LogP contribution is -2.30. The summed E-state index contributed by atoms with van der Waals surface area (Å²) in [5.41, 5.74) is 1.10. The third-order valence-electron chi connectivity index (χ3n) is 4.85. The number of ether oxygens (including phenoxy) is 2. The molecule has 1 heterocycles. The standard InChI is InChI=1S/C22H22ClNO5/c1-4-11-24-19(14-7-10-16(28-2)17(12-14)29-3)18(21(26)22(24)27)20(25)13-5-8-15(23)9-6-13/h5-10,12,19,25H,4,11H2,1-3H3/b20-18-. The van der Waals surface area contributed by atoms with Crippen LogP contribution in [-0.4, -0.2) is 42.5 Å². The molecule has 7 heteroatoms. The third kappa shape index (κ3) is 3.80. The van der Waals surface area contributed by atoms with E-state index in [1.165, 1.54) is 19.1 Å². The van der Waals surface area contributed by atoms with Crippen LogP contribution in [-0.2, 0) is 9.59 Å². The number of aliphatic hydroxyl groups is 1. The smallest absolute Gasteiger partial charge is 0.295 e. The van der Waals surface area contributed by atoms with Gasteiger partial charge in [0.2, 0.25) is 0 Å². The highest BCUT2D eigenvalue weighted by molar-refractivity contribution is 6.46.